The number of halogens is 1. The summed E-state index contributed by atoms with van der Waals surface area (Å²) in [5, 5.41) is 5.44. The molecule has 3 nitrogen and oxygen atoms in total. The first-order chi connectivity index (χ1) is 9.69. The number of carbonyl (C=O) groups excluding carboxylic acids is 1. The van der Waals surface area contributed by atoms with Crippen LogP contribution in [0.5, 0.6) is 0 Å². The van der Waals surface area contributed by atoms with E-state index in [1.165, 1.54) is 23.5 Å². The van der Waals surface area contributed by atoms with Gasteiger partial charge in [-0.2, -0.15) is 0 Å². The predicted octanol–water partition coefficient (Wildman–Crippen LogP) is 3.41. The van der Waals surface area contributed by atoms with Gasteiger partial charge in [0, 0.05) is 17.5 Å². The number of nitrogens with one attached hydrogen (secondary N) is 1. The zero-order valence-corrected chi connectivity index (χ0v) is 12.2. The molecule has 1 amide bonds. The van der Waals surface area contributed by atoms with Crippen LogP contribution in [-0.4, -0.2) is 17.4 Å². The summed E-state index contributed by atoms with van der Waals surface area (Å²) >= 11 is 1.42. The zero-order valence-electron chi connectivity index (χ0n) is 11.4. The molecule has 0 radical (unpaired) electrons. The standard InChI is InChI=1S/C15H17FN2OS/c1-2-3-7-17-14(19)9-13-10-20-15(18-13)11-5-4-6-12(16)8-11/h4-6,8,10H,2-3,7,9H2,1H3,(H,17,19). The lowest BCUT2D eigenvalue weighted by Gasteiger charge is -2.02. The summed E-state index contributed by atoms with van der Waals surface area (Å²) in [6.45, 7) is 2.79. The highest BCUT2D eigenvalue weighted by molar-refractivity contribution is 7.13. The fourth-order valence-electron chi connectivity index (χ4n) is 1.77. The van der Waals surface area contributed by atoms with E-state index in [9.17, 15) is 9.18 Å². The van der Waals surface area contributed by atoms with Gasteiger partial charge in [-0.1, -0.05) is 25.5 Å². The molecule has 1 N–H and O–H groups in total. The zero-order chi connectivity index (χ0) is 14.4. The van der Waals surface area contributed by atoms with Gasteiger partial charge in [0.15, 0.2) is 0 Å². The second kappa shape index (κ2) is 7.14. The number of benzene rings is 1. The Labute approximate surface area is 121 Å². The Bertz CT molecular complexity index is 583. The monoisotopic (exact) mass is 292 g/mol. The highest BCUT2D eigenvalue weighted by atomic mass is 32.1. The molecule has 0 unspecified atom stereocenters. The van der Waals surface area contributed by atoms with Crippen LogP contribution in [0.3, 0.4) is 0 Å². The minimum atomic E-state index is -0.281. The van der Waals surface area contributed by atoms with Crippen molar-refractivity contribution >= 4 is 17.2 Å². The topological polar surface area (TPSA) is 42.0 Å². The number of aromatic nitrogens is 1. The molecule has 0 spiro atoms. The van der Waals surface area contributed by atoms with Crippen molar-refractivity contribution in [2.75, 3.05) is 6.54 Å². The molecule has 106 valence electrons. The minimum absolute atomic E-state index is 0.0189. The van der Waals surface area contributed by atoms with Crippen LogP contribution in [0.25, 0.3) is 10.6 Å². The third-order valence-electron chi connectivity index (χ3n) is 2.82. The Morgan fingerprint density at radius 1 is 1.45 bits per heavy atom. The number of amides is 1. The van der Waals surface area contributed by atoms with Crippen LogP contribution in [0.2, 0.25) is 0 Å². The van der Waals surface area contributed by atoms with Gasteiger partial charge in [0.05, 0.1) is 12.1 Å². The Kier molecular flexibility index (Phi) is 5.24. The molecule has 0 aliphatic rings. The summed E-state index contributed by atoms with van der Waals surface area (Å²) in [5.74, 6) is -0.300. The Morgan fingerprint density at radius 2 is 2.30 bits per heavy atom. The Morgan fingerprint density at radius 3 is 3.05 bits per heavy atom. The highest BCUT2D eigenvalue weighted by Gasteiger charge is 2.09. The second-order valence-electron chi connectivity index (χ2n) is 4.53. The Balaban J connectivity index is 1.97. The van der Waals surface area contributed by atoms with Crippen molar-refractivity contribution < 1.29 is 9.18 Å². The molecule has 0 saturated heterocycles. The molecule has 5 heteroatoms. The quantitative estimate of drug-likeness (QED) is 0.829. The van der Waals surface area contributed by atoms with Crippen molar-refractivity contribution in [2.45, 2.75) is 26.2 Å². The molecule has 20 heavy (non-hydrogen) atoms. The van der Waals surface area contributed by atoms with E-state index in [0.29, 0.717) is 6.54 Å². The molecular formula is C15H17FN2OS. The van der Waals surface area contributed by atoms with Crippen LogP contribution in [0.4, 0.5) is 4.39 Å². The lowest BCUT2D eigenvalue weighted by atomic mass is 10.2. The maximum absolute atomic E-state index is 13.2. The van der Waals surface area contributed by atoms with E-state index in [2.05, 4.69) is 17.2 Å². The predicted molar refractivity (Wildman–Crippen MR) is 79.1 cm³/mol. The third kappa shape index (κ3) is 4.13. The molecule has 2 rings (SSSR count). The number of unbranched alkanes of at least 4 members (excludes halogenated alkanes) is 1. The summed E-state index contributed by atoms with van der Waals surface area (Å²) in [4.78, 5) is 16.1. The first kappa shape index (κ1) is 14.7. The number of hydrogen-bond donors (Lipinski definition) is 1. The van der Waals surface area contributed by atoms with Gasteiger partial charge in [0.1, 0.15) is 10.8 Å². The van der Waals surface area contributed by atoms with Crippen molar-refractivity contribution in [3.05, 3.63) is 41.2 Å². The molecule has 0 bridgehead atoms. The summed E-state index contributed by atoms with van der Waals surface area (Å²) in [7, 11) is 0. The average Bonchev–Trinajstić information content (AvgIpc) is 2.87. The third-order valence-corrected chi connectivity index (χ3v) is 3.76. The minimum Gasteiger partial charge on any atom is -0.356 e. The number of carbonyl (C=O) groups is 1. The van der Waals surface area contributed by atoms with Crippen molar-refractivity contribution in [3.8, 4) is 10.6 Å². The molecule has 0 aliphatic carbocycles. The average molecular weight is 292 g/mol. The summed E-state index contributed by atoms with van der Waals surface area (Å²) < 4.78 is 13.2. The molecule has 0 atom stereocenters. The van der Waals surface area contributed by atoms with Gasteiger partial charge in [0.25, 0.3) is 0 Å². The largest absolute Gasteiger partial charge is 0.356 e. The summed E-state index contributed by atoms with van der Waals surface area (Å²) in [5.41, 5.74) is 1.47. The van der Waals surface area contributed by atoms with Gasteiger partial charge >= 0.3 is 0 Å². The van der Waals surface area contributed by atoms with Gasteiger partial charge in [0.2, 0.25) is 5.91 Å². The SMILES string of the molecule is CCCCNC(=O)Cc1csc(-c2cccc(F)c2)n1. The van der Waals surface area contributed by atoms with Crippen molar-refractivity contribution in [3.63, 3.8) is 0 Å². The number of thiazole rings is 1. The summed E-state index contributed by atoms with van der Waals surface area (Å²) in [6, 6.07) is 6.32. The van der Waals surface area contributed by atoms with E-state index in [1.807, 2.05) is 11.4 Å². The molecule has 1 aromatic carbocycles. The second-order valence-corrected chi connectivity index (χ2v) is 5.39. The highest BCUT2D eigenvalue weighted by Crippen LogP contribution is 2.24. The molecular weight excluding hydrogens is 275 g/mol. The normalized spacial score (nSPS) is 10.5. The molecule has 2 aromatic rings. The van der Waals surface area contributed by atoms with Gasteiger partial charge < -0.3 is 5.32 Å². The number of hydrogen-bond acceptors (Lipinski definition) is 3. The smallest absolute Gasteiger partial charge is 0.226 e. The molecule has 1 heterocycles. The van der Waals surface area contributed by atoms with Crippen LogP contribution in [0, 0.1) is 5.82 Å². The van der Waals surface area contributed by atoms with E-state index in [-0.39, 0.29) is 18.1 Å². The van der Waals surface area contributed by atoms with Crippen LogP contribution in [-0.2, 0) is 11.2 Å². The van der Waals surface area contributed by atoms with E-state index in [0.717, 1.165) is 29.1 Å². The Hall–Kier alpha value is -1.75. The molecule has 1 aromatic heterocycles. The van der Waals surface area contributed by atoms with Gasteiger partial charge in [-0.05, 0) is 18.6 Å². The first-order valence-electron chi connectivity index (χ1n) is 6.66. The van der Waals surface area contributed by atoms with E-state index in [4.69, 9.17) is 0 Å². The van der Waals surface area contributed by atoms with E-state index < -0.39 is 0 Å². The first-order valence-corrected chi connectivity index (χ1v) is 7.54. The lowest BCUT2D eigenvalue weighted by Crippen LogP contribution is -2.26. The van der Waals surface area contributed by atoms with Gasteiger partial charge in [-0.3, -0.25) is 4.79 Å². The van der Waals surface area contributed by atoms with Gasteiger partial charge in [-0.25, -0.2) is 9.37 Å². The fraction of sp³-hybridized carbons (Fsp3) is 0.333. The maximum atomic E-state index is 13.2. The van der Waals surface area contributed by atoms with Crippen LogP contribution in [0.1, 0.15) is 25.5 Å². The maximum Gasteiger partial charge on any atom is 0.226 e. The van der Waals surface area contributed by atoms with E-state index >= 15 is 0 Å². The van der Waals surface area contributed by atoms with Gasteiger partial charge in [-0.15, -0.1) is 11.3 Å². The molecule has 0 saturated carbocycles. The van der Waals surface area contributed by atoms with Crippen molar-refractivity contribution in [1.82, 2.24) is 10.3 Å². The number of rotatable bonds is 6. The summed E-state index contributed by atoms with van der Waals surface area (Å²) in [6.07, 6.45) is 2.31. The van der Waals surface area contributed by atoms with Crippen LogP contribution < -0.4 is 5.32 Å². The fourth-order valence-corrected chi connectivity index (χ4v) is 2.59. The van der Waals surface area contributed by atoms with Crippen molar-refractivity contribution in [2.24, 2.45) is 0 Å². The van der Waals surface area contributed by atoms with Crippen LogP contribution >= 0.6 is 11.3 Å². The van der Waals surface area contributed by atoms with Crippen molar-refractivity contribution in [1.29, 1.82) is 0 Å². The molecule has 0 aliphatic heterocycles. The molecule has 0 fully saturated rings. The van der Waals surface area contributed by atoms with E-state index in [1.54, 1.807) is 6.07 Å². The van der Waals surface area contributed by atoms with Crippen LogP contribution in [0.15, 0.2) is 29.6 Å². The number of nitrogens with zero attached hydrogens (tertiary/aromatic N) is 1. The lowest BCUT2D eigenvalue weighted by molar-refractivity contribution is -0.120.